The number of ketones is 4. The monoisotopic (exact) mass is 402 g/mol. The van der Waals surface area contributed by atoms with Gasteiger partial charge in [-0.1, -0.05) is 0 Å². The van der Waals surface area contributed by atoms with Crippen LogP contribution >= 0.6 is 0 Å². The minimum absolute atomic E-state index is 0. The van der Waals surface area contributed by atoms with Crippen LogP contribution in [-0.4, -0.2) is 33.3 Å². The van der Waals surface area contributed by atoms with Crippen LogP contribution in [0.2, 0.25) is 0 Å². The predicted molar refractivity (Wildman–Crippen MR) is 80.1 cm³/mol. The number of hydrogen-bond acceptors (Lipinski definition) is 6. The molecule has 0 aromatic rings. The summed E-state index contributed by atoms with van der Waals surface area (Å²) in [7, 11) is 0. The van der Waals surface area contributed by atoms with E-state index in [-0.39, 0.29) is 60.6 Å². The average molecular weight is 401 g/mol. The van der Waals surface area contributed by atoms with Crippen LogP contribution in [0.3, 0.4) is 0 Å². The molecule has 0 saturated heterocycles. The summed E-state index contributed by atoms with van der Waals surface area (Å²) in [4.78, 5) is 40.1. The van der Waals surface area contributed by atoms with Crippen molar-refractivity contribution in [1.29, 1.82) is 0 Å². The summed E-state index contributed by atoms with van der Waals surface area (Å²) in [6, 6.07) is 0. The number of allylic oxidation sites excluding steroid dienone is 4. The fourth-order valence-electron chi connectivity index (χ4n) is 0.939. The number of carbonyl (C=O) groups is 4. The van der Waals surface area contributed by atoms with Crippen LogP contribution in [0.25, 0.3) is 0 Å². The molecule has 0 radical (unpaired) electrons. The van der Waals surface area contributed by atoms with Crippen molar-refractivity contribution in [3.8, 4) is 0 Å². The van der Waals surface area contributed by atoms with Gasteiger partial charge in [0.15, 0.2) is 11.6 Å². The SMILES string of the molecule is CC(=O)C=C(C)O.CC(=O)C=C(C)O.CC(=O)CC(C)=O.[Ru]. The van der Waals surface area contributed by atoms with Gasteiger partial charge in [0.25, 0.3) is 0 Å². The van der Waals surface area contributed by atoms with Crippen molar-refractivity contribution in [3.63, 3.8) is 0 Å². The predicted octanol–water partition coefficient (Wildman–Crippen LogP) is 2.63. The second-order valence-electron chi connectivity index (χ2n) is 4.37. The van der Waals surface area contributed by atoms with Crippen molar-refractivity contribution in [2.24, 2.45) is 0 Å². The van der Waals surface area contributed by atoms with Crippen LogP contribution in [0.5, 0.6) is 0 Å². The van der Waals surface area contributed by atoms with Gasteiger partial charge in [-0.3, -0.25) is 19.2 Å². The maximum atomic E-state index is 10.0. The van der Waals surface area contributed by atoms with Crippen LogP contribution < -0.4 is 0 Å². The van der Waals surface area contributed by atoms with Gasteiger partial charge in [-0.25, -0.2) is 0 Å². The standard InChI is InChI=1S/3C5H8O2.Ru/c3*1-4(6)3-5(2)7;/h3H2,1-2H3;2*3,6H,1-2H3;. The van der Waals surface area contributed by atoms with Crippen molar-refractivity contribution in [1.82, 2.24) is 0 Å². The number of Topliss-reactive ketones (excluding diaryl/α,β-unsaturated/α-hetero) is 2. The summed E-state index contributed by atoms with van der Waals surface area (Å²) in [5.41, 5.74) is 0. The van der Waals surface area contributed by atoms with Crippen molar-refractivity contribution >= 4 is 23.1 Å². The molecule has 0 fully saturated rings. The zero-order chi connectivity index (χ0) is 17.6. The summed E-state index contributed by atoms with van der Waals surface area (Å²) in [6.45, 7) is 8.50. The average Bonchev–Trinajstić information content (AvgIpc) is 2.10. The fourth-order valence-corrected chi connectivity index (χ4v) is 0.939. The Kier molecular flexibility index (Phi) is 22.6. The maximum Gasteiger partial charge on any atom is 0.155 e. The molecule has 0 rings (SSSR count). The summed E-state index contributed by atoms with van der Waals surface area (Å²) in [6.07, 6.45) is 2.42. The molecule has 0 saturated carbocycles. The van der Waals surface area contributed by atoms with Crippen LogP contribution in [0, 0.1) is 0 Å². The van der Waals surface area contributed by atoms with Crippen molar-refractivity contribution in [3.05, 3.63) is 23.7 Å². The van der Waals surface area contributed by atoms with Crippen LogP contribution in [-0.2, 0) is 38.7 Å². The molecule has 0 aliphatic heterocycles. The Hall–Kier alpha value is -1.62. The third kappa shape index (κ3) is 51.5. The first-order valence-corrected chi connectivity index (χ1v) is 6.13. The van der Waals surface area contributed by atoms with Crippen LogP contribution in [0.1, 0.15) is 48.0 Å². The van der Waals surface area contributed by atoms with E-state index in [4.69, 9.17) is 10.2 Å². The van der Waals surface area contributed by atoms with E-state index in [1.807, 2.05) is 0 Å². The topological polar surface area (TPSA) is 109 Å². The first-order chi connectivity index (χ1) is 9.38. The molecule has 0 atom stereocenters. The van der Waals surface area contributed by atoms with Crippen LogP contribution in [0.4, 0.5) is 0 Å². The molecule has 0 amide bonds. The van der Waals surface area contributed by atoms with E-state index >= 15 is 0 Å². The largest absolute Gasteiger partial charge is 0.512 e. The van der Waals surface area contributed by atoms with Gasteiger partial charge >= 0.3 is 0 Å². The van der Waals surface area contributed by atoms with E-state index in [0.29, 0.717) is 0 Å². The molecule has 6 nitrogen and oxygen atoms in total. The molecule has 0 aromatic heterocycles. The van der Waals surface area contributed by atoms with E-state index in [9.17, 15) is 19.2 Å². The van der Waals surface area contributed by atoms with E-state index < -0.39 is 0 Å². The fraction of sp³-hybridized carbons (Fsp3) is 0.467. The zero-order valence-corrected chi connectivity index (χ0v) is 15.5. The molecule has 0 aliphatic carbocycles. The molecule has 0 spiro atoms. The van der Waals surface area contributed by atoms with Crippen molar-refractivity contribution < 1.29 is 48.9 Å². The van der Waals surface area contributed by atoms with Gasteiger partial charge in [-0.2, -0.15) is 0 Å². The van der Waals surface area contributed by atoms with E-state index in [0.717, 1.165) is 0 Å². The first kappa shape index (κ1) is 28.5. The Labute approximate surface area is 144 Å². The zero-order valence-electron chi connectivity index (χ0n) is 13.7. The molecule has 0 heterocycles. The molecule has 0 aliphatic rings. The molecular formula is C15H24O6Ru. The van der Waals surface area contributed by atoms with Gasteiger partial charge in [0.1, 0.15) is 11.6 Å². The Morgan fingerprint density at radius 3 is 0.909 bits per heavy atom. The van der Waals surface area contributed by atoms with E-state index in [1.165, 1.54) is 53.7 Å². The Morgan fingerprint density at radius 2 is 0.909 bits per heavy atom. The van der Waals surface area contributed by atoms with Gasteiger partial charge in [0.05, 0.1) is 17.9 Å². The second-order valence-corrected chi connectivity index (χ2v) is 4.37. The van der Waals surface area contributed by atoms with Crippen molar-refractivity contribution in [2.75, 3.05) is 0 Å². The summed E-state index contributed by atoms with van der Waals surface area (Å²) < 4.78 is 0. The molecular weight excluding hydrogens is 377 g/mol. The van der Waals surface area contributed by atoms with Crippen molar-refractivity contribution in [2.45, 2.75) is 48.0 Å². The van der Waals surface area contributed by atoms with Gasteiger partial charge in [-0.15, -0.1) is 0 Å². The Morgan fingerprint density at radius 1 is 0.682 bits per heavy atom. The third-order valence-corrected chi connectivity index (χ3v) is 1.32. The van der Waals surface area contributed by atoms with E-state index in [1.54, 1.807) is 0 Å². The summed E-state index contributed by atoms with van der Waals surface area (Å²) >= 11 is 0. The Balaban J connectivity index is -0.000000108. The number of rotatable bonds is 4. The minimum atomic E-state index is -0.125. The number of carbonyl (C=O) groups excluding carboxylic acids is 4. The van der Waals surface area contributed by atoms with E-state index in [2.05, 4.69) is 0 Å². The second kappa shape index (κ2) is 17.4. The normalized spacial score (nSPS) is 9.91. The van der Waals surface area contributed by atoms with Gasteiger partial charge < -0.3 is 10.2 Å². The number of aliphatic hydroxyl groups excluding tert-OH is 2. The molecule has 2 N–H and O–H groups in total. The Bertz CT molecular complexity index is 387. The minimum Gasteiger partial charge on any atom is -0.512 e. The third-order valence-electron chi connectivity index (χ3n) is 1.32. The number of aliphatic hydroxyl groups is 2. The maximum absolute atomic E-state index is 10.0. The molecule has 0 aromatic carbocycles. The summed E-state index contributed by atoms with van der Waals surface area (Å²) in [5.74, 6) is -0.250. The van der Waals surface area contributed by atoms with Gasteiger partial charge in [-0.05, 0) is 41.5 Å². The van der Waals surface area contributed by atoms with Gasteiger partial charge in [0.2, 0.25) is 0 Å². The molecule has 128 valence electrons. The first-order valence-electron chi connectivity index (χ1n) is 6.13. The molecule has 7 heteroatoms. The number of hydrogen-bond donors (Lipinski definition) is 2. The molecule has 22 heavy (non-hydrogen) atoms. The summed E-state index contributed by atoms with van der Waals surface area (Å²) in [5, 5.41) is 16.7. The quantitative estimate of drug-likeness (QED) is 0.324. The van der Waals surface area contributed by atoms with Gasteiger partial charge in [0, 0.05) is 31.6 Å². The molecule has 0 unspecified atom stereocenters. The molecule has 0 bridgehead atoms. The smallest absolute Gasteiger partial charge is 0.155 e. The van der Waals surface area contributed by atoms with Crippen LogP contribution in [0.15, 0.2) is 23.7 Å².